The molecule has 2 fully saturated rings. The fourth-order valence-corrected chi connectivity index (χ4v) is 8.41. The molecule has 1 aromatic heterocycles. The predicted octanol–water partition coefficient (Wildman–Crippen LogP) is 6.58. The van der Waals surface area contributed by atoms with Gasteiger partial charge in [0, 0.05) is 55.4 Å². The maximum atomic E-state index is 12.7. The van der Waals surface area contributed by atoms with E-state index in [0.29, 0.717) is 6.54 Å². The van der Waals surface area contributed by atoms with Gasteiger partial charge >= 0.3 is 0 Å². The van der Waals surface area contributed by atoms with Gasteiger partial charge in [0.1, 0.15) is 6.10 Å². The minimum absolute atomic E-state index is 0.0373. The van der Waals surface area contributed by atoms with Crippen molar-refractivity contribution in [2.24, 2.45) is 0 Å². The normalized spacial score (nSPS) is 19.7. The van der Waals surface area contributed by atoms with Gasteiger partial charge in [-0.1, -0.05) is 50.3 Å². The van der Waals surface area contributed by atoms with E-state index in [4.69, 9.17) is 9.72 Å². The molecule has 44 heavy (non-hydrogen) atoms. The molecule has 234 valence electrons. The number of nitrogens with zero attached hydrogens (tertiary/aromatic N) is 5. The Hall–Kier alpha value is -2.85. The van der Waals surface area contributed by atoms with Crippen molar-refractivity contribution in [3.05, 3.63) is 69.4 Å². The van der Waals surface area contributed by atoms with Crippen molar-refractivity contribution >= 4 is 50.6 Å². The molecule has 0 N–H and O–H groups in total. The maximum absolute atomic E-state index is 12.7. The molecule has 8 heteroatoms. The summed E-state index contributed by atoms with van der Waals surface area (Å²) in [6.45, 7) is 17.6. The summed E-state index contributed by atoms with van der Waals surface area (Å²) in [7, 11) is 0. The number of carbonyl (C=O) groups excluding carboxylic acids is 1. The van der Waals surface area contributed by atoms with Gasteiger partial charge in [0.25, 0.3) is 0 Å². The van der Waals surface area contributed by atoms with E-state index in [0.717, 1.165) is 80.2 Å². The zero-order valence-corrected chi connectivity index (χ0v) is 28.7. The van der Waals surface area contributed by atoms with Gasteiger partial charge in [-0.2, -0.15) is 0 Å². The second-order valence-electron chi connectivity index (χ2n) is 12.7. The lowest BCUT2D eigenvalue weighted by molar-refractivity contribution is -0.128. The molecule has 3 aliphatic rings. The summed E-state index contributed by atoms with van der Waals surface area (Å²) in [6.07, 6.45) is 6.99. The van der Waals surface area contributed by atoms with Gasteiger partial charge in [-0.05, 0) is 98.3 Å². The highest BCUT2D eigenvalue weighted by Gasteiger charge is 2.34. The Kier molecular flexibility index (Phi) is 9.66. The number of likely N-dealkylation sites (tertiary alicyclic amines) is 1. The molecule has 4 heterocycles. The van der Waals surface area contributed by atoms with Crippen LogP contribution in [0.1, 0.15) is 56.4 Å². The third kappa shape index (κ3) is 6.29. The molecule has 0 spiro atoms. The van der Waals surface area contributed by atoms with E-state index in [2.05, 4.69) is 101 Å². The van der Waals surface area contributed by atoms with Crippen LogP contribution in [0, 0.1) is 10.5 Å². The molecule has 2 atom stereocenters. The van der Waals surface area contributed by atoms with E-state index in [9.17, 15) is 4.79 Å². The van der Waals surface area contributed by atoms with E-state index in [-0.39, 0.29) is 18.1 Å². The molecule has 0 radical (unpaired) electrons. The van der Waals surface area contributed by atoms with Crippen molar-refractivity contribution in [3.63, 3.8) is 0 Å². The summed E-state index contributed by atoms with van der Waals surface area (Å²) in [5, 5.41) is 2.60. The smallest absolute Gasteiger partial charge is 0.246 e. The first kappa shape index (κ1) is 31.1. The molecular weight excluding hydrogens is 661 g/mol. The van der Waals surface area contributed by atoms with Crippen LogP contribution >= 0.6 is 22.6 Å². The molecule has 7 nitrogen and oxygen atoms in total. The number of amides is 1. The number of anilines is 2. The number of halogens is 1. The molecular formula is C36H46IN5O2. The molecule has 0 bridgehead atoms. The number of carbonyl (C=O) groups is 1. The quantitative estimate of drug-likeness (QED) is 0.185. The first-order chi connectivity index (χ1) is 21.4. The lowest BCUT2D eigenvalue weighted by Crippen LogP contribution is -2.55. The van der Waals surface area contributed by atoms with Gasteiger partial charge < -0.3 is 19.4 Å². The highest BCUT2D eigenvalue weighted by molar-refractivity contribution is 14.1. The zero-order valence-electron chi connectivity index (χ0n) is 26.5. The number of piperazine rings is 1. The number of hydrogen-bond acceptors (Lipinski definition) is 6. The first-order valence-corrected chi connectivity index (χ1v) is 17.5. The van der Waals surface area contributed by atoms with Gasteiger partial charge in [0.2, 0.25) is 11.8 Å². The van der Waals surface area contributed by atoms with E-state index in [1.807, 2.05) is 4.90 Å². The molecule has 3 aliphatic heterocycles. The van der Waals surface area contributed by atoms with Crippen LogP contribution in [0.4, 0.5) is 11.4 Å². The summed E-state index contributed by atoms with van der Waals surface area (Å²) in [6, 6.07) is 13.4. The minimum Gasteiger partial charge on any atom is -0.472 e. The highest BCUT2D eigenvalue weighted by Crippen LogP contribution is 2.41. The highest BCUT2D eigenvalue weighted by atomic mass is 127. The Morgan fingerprint density at radius 3 is 2.64 bits per heavy atom. The molecule has 0 saturated carbocycles. The number of ether oxygens (including phenoxy) is 1. The monoisotopic (exact) mass is 707 g/mol. The van der Waals surface area contributed by atoms with Crippen LogP contribution in [0.15, 0.2) is 49.1 Å². The van der Waals surface area contributed by atoms with Gasteiger partial charge in [-0.25, -0.2) is 4.98 Å². The van der Waals surface area contributed by atoms with Crippen molar-refractivity contribution in [2.45, 2.75) is 71.6 Å². The number of aryl methyl sites for hydroxylation is 1. The fourth-order valence-electron chi connectivity index (χ4n) is 7.49. The van der Waals surface area contributed by atoms with E-state index in [1.54, 1.807) is 0 Å². The summed E-state index contributed by atoms with van der Waals surface area (Å²) < 4.78 is 7.80. The lowest BCUT2D eigenvalue weighted by Gasteiger charge is -2.44. The van der Waals surface area contributed by atoms with Crippen molar-refractivity contribution < 1.29 is 9.53 Å². The largest absolute Gasteiger partial charge is 0.472 e. The zero-order chi connectivity index (χ0) is 30.8. The Bertz CT molecular complexity index is 1510. The number of fused-ring (bicyclic) bond motifs is 2. The Morgan fingerprint density at radius 2 is 1.89 bits per heavy atom. The number of aromatic nitrogens is 1. The van der Waals surface area contributed by atoms with Crippen LogP contribution in [-0.2, 0) is 17.8 Å². The van der Waals surface area contributed by atoms with Gasteiger partial charge in [-0.15, -0.1) is 0 Å². The van der Waals surface area contributed by atoms with Crippen molar-refractivity contribution in [2.75, 3.05) is 55.6 Å². The Balaban J connectivity index is 1.37. The molecule has 2 saturated heterocycles. The standard InChI is InChI=1S/C36H46IN5O2/c1-5-11-28-23-41(20-21-42(28)32(43)6-2)35-29-16-19-40(31-15-10-14-27-13-9-12-25(3)33(27)31)24-30(29)38-36(34(35)37)44-26(4)22-39-17-7-8-18-39/h6,9-10,12-15,26,28H,2,5,7-8,11,16-24H2,1,3-4H3/t26-,28+/m1/s1. The molecule has 0 aliphatic carbocycles. The summed E-state index contributed by atoms with van der Waals surface area (Å²) in [4.78, 5) is 27.6. The van der Waals surface area contributed by atoms with E-state index >= 15 is 0 Å². The summed E-state index contributed by atoms with van der Waals surface area (Å²) in [5.74, 6) is 0.786. The number of pyridine rings is 1. The van der Waals surface area contributed by atoms with Crippen LogP contribution < -0.4 is 14.5 Å². The van der Waals surface area contributed by atoms with Crippen LogP contribution in [0.25, 0.3) is 10.8 Å². The van der Waals surface area contributed by atoms with Gasteiger partial charge in [-0.3, -0.25) is 9.69 Å². The summed E-state index contributed by atoms with van der Waals surface area (Å²) in [5.41, 5.74) is 6.28. The minimum atomic E-state index is 0.0373. The predicted molar refractivity (Wildman–Crippen MR) is 189 cm³/mol. The molecule has 6 rings (SSSR count). The Morgan fingerprint density at radius 1 is 1.11 bits per heavy atom. The fraction of sp³-hybridized carbons (Fsp3) is 0.500. The van der Waals surface area contributed by atoms with Crippen LogP contribution in [0.2, 0.25) is 0 Å². The third-order valence-electron chi connectivity index (χ3n) is 9.58. The lowest BCUT2D eigenvalue weighted by atomic mass is 9.97. The average molecular weight is 708 g/mol. The average Bonchev–Trinajstić information content (AvgIpc) is 3.54. The van der Waals surface area contributed by atoms with E-state index < -0.39 is 0 Å². The van der Waals surface area contributed by atoms with Gasteiger partial charge in [0.05, 0.1) is 21.5 Å². The molecule has 0 unspecified atom stereocenters. The number of hydrogen-bond donors (Lipinski definition) is 0. The van der Waals surface area contributed by atoms with Crippen molar-refractivity contribution in [1.29, 1.82) is 0 Å². The number of rotatable bonds is 9. The van der Waals surface area contributed by atoms with Crippen LogP contribution in [-0.4, -0.2) is 78.7 Å². The maximum Gasteiger partial charge on any atom is 0.246 e. The first-order valence-electron chi connectivity index (χ1n) is 16.4. The second kappa shape index (κ2) is 13.6. The van der Waals surface area contributed by atoms with Crippen LogP contribution in [0.5, 0.6) is 5.88 Å². The van der Waals surface area contributed by atoms with Crippen LogP contribution in [0.3, 0.4) is 0 Å². The van der Waals surface area contributed by atoms with Crippen molar-refractivity contribution in [3.8, 4) is 5.88 Å². The van der Waals surface area contributed by atoms with E-state index in [1.165, 1.54) is 52.2 Å². The third-order valence-corrected chi connectivity index (χ3v) is 10.5. The molecule has 1 amide bonds. The summed E-state index contributed by atoms with van der Waals surface area (Å²) >= 11 is 2.48. The topological polar surface area (TPSA) is 52.2 Å². The number of benzene rings is 2. The molecule has 3 aromatic rings. The second-order valence-corrected chi connectivity index (χ2v) is 13.8. The molecule has 2 aromatic carbocycles. The Labute approximate surface area is 276 Å². The van der Waals surface area contributed by atoms with Crippen molar-refractivity contribution in [1.82, 2.24) is 14.8 Å². The van der Waals surface area contributed by atoms with Gasteiger partial charge in [0.15, 0.2) is 0 Å². The SMILES string of the molecule is C=CC(=O)N1CCN(c2c(I)c(O[C@H](C)CN3CCCC3)nc3c2CCN(c2cccc4cccc(C)c24)C3)C[C@@H]1CCC.